The molecule has 19 heavy (non-hydrogen) atoms. The Bertz CT molecular complexity index is 403. The van der Waals surface area contributed by atoms with E-state index in [0.717, 1.165) is 38.5 Å². The third-order valence-electron chi connectivity index (χ3n) is 6.04. The van der Waals surface area contributed by atoms with E-state index < -0.39 is 10.7 Å². The molecule has 2 atom stereocenters. The van der Waals surface area contributed by atoms with Crippen molar-refractivity contribution in [3.05, 3.63) is 10.1 Å². The minimum atomic E-state index is -0.612. The van der Waals surface area contributed by atoms with Crippen molar-refractivity contribution < 1.29 is 9.92 Å². The van der Waals surface area contributed by atoms with Crippen molar-refractivity contribution in [2.24, 2.45) is 16.6 Å². The maximum absolute atomic E-state index is 10.9. The Hall–Kier alpha value is -0.840. The molecule has 5 heteroatoms. The Morgan fingerprint density at radius 2 is 1.58 bits per heavy atom. The Kier molecular flexibility index (Phi) is 2.51. The fourth-order valence-electron chi connectivity index (χ4n) is 6.05. The summed E-state index contributed by atoms with van der Waals surface area (Å²) in [4.78, 5) is 16.1. The van der Waals surface area contributed by atoms with Crippen molar-refractivity contribution in [2.45, 2.75) is 76.4 Å². The van der Waals surface area contributed by atoms with E-state index in [1.807, 2.05) is 0 Å². The van der Waals surface area contributed by atoms with E-state index in [0.29, 0.717) is 6.42 Å². The molecule has 4 bridgehead atoms. The van der Waals surface area contributed by atoms with Crippen molar-refractivity contribution in [3.8, 4) is 0 Å². The second-order valence-electron chi connectivity index (χ2n) is 7.63. The summed E-state index contributed by atoms with van der Waals surface area (Å²) in [5.74, 6) is 0. The first kappa shape index (κ1) is 13.2. The van der Waals surface area contributed by atoms with E-state index in [4.69, 9.17) is 10.6 Å². The topological polar surface area (TPSA) is 78.4 Å². The molecule has 0 aromatic carbocycles. The second-order valence-corrected chi connectivity index (χ2v) is 7.63. The van der Waals surface area contributed by atoms with Gasteiger partial charge in [0.05, 0.1) is 0 Å². The van der Waals surface area contributed by atoms with E-state index in [1.165, 1.54) is 6.42 Å². The van der Waals surface area contributed by atoms with Crippen LogP contribution in [0.3, 0.4) is 0 Å². The van der Waals surface area contributed by atoms with Crippen LogP contribution in [-0.4, -0.2) is 16.2 Å². The Morgan fingerprint density at radius 3 is 2.00 bits per heavy atom. The molecule has 0 amide bonds. The summed E-state index contributed by atoms with van der Waals surface area (Å²) in [7, 11) is 0. The molecule has 4 aliphatic carbocycles. The molecule has 5 nitrogen and oxygen atoms in total. The average molecular weight is 268 g/mol. The molecular weight excluding hydrogens is 244 g/mol. The fourth-order valence-corrected chi connectivity index (χ4v) is 6.05. The predicted octanol–water partition coefficient (Wildman–Crippen LogP) is 2.81. The van der Waals surface area contributed by atoms with Gasteiger partial charge in [-0.1, -0.05) is 26.7 Å². The molecule has 4 aliphatic rings. The summed E-state index contributed by atoms with van der Waals surface area (Å²) in [6.45, 7) is 4.39. The smallest absolute Gasteiger partial charge is 0.295 e. The Labute approximate surface area is 114 Å². The first-order valence-electron chi connectivity index (χ1n) is 7.40. The maximum atomic E-state index is 10.9. The second kappa shape index (κ2) is 3.62. The van der Waals surface area contributed by atoms with Gasteiger partial charge in [-0.15, -0.1) is 10.1 Å². The molecule has 2 N–H and O–H groups in total. The number of nitrogens with two attached hydrogens (primary N) is 1. The highest BCUT2D eigenvalue weighted by molar-refractivity contribution is 5.20. The molecule has 0 aliphatic heterocycles. The first-order valence-corrected chi connectivity index (χ1v) is 7.40. The molecule has 0 saturated heterocycles. The quantitative estimate of drug-likeness (QED) is 0.628. The van der Waals surface area contributed by atoms with Crippen LogP contribution in [-0.2, 0) is 4.84 Å². The minimum absolute atomic E-state index is 0.162. The summed E-state index contributed by atoms with van der Waals surface area (Å²) in [6, 6.07) is 0. The van der Waals surface area contributed by atoms with Crippen molar-refractivity contribution in [3.63, 3.8) is 0 Å². The molecule has 4 rings (SSSR count). The predicted molar refractivity (Wildman–Crippen MR) is 70.9 cm³/mol. The van der Waals surface area contributed by atoms with E-state index in [2.05, 4.69) is 13.8 Å². The van der Waals surface area contributed by atoms with E-state index >= 15 is 0 Å². The van der Waals surface area contributed by atoms with Crippen LogP contribution in [0.15, 0.2) is 0 Å². The maximum Gasteiger partial charge on any atom is 0.295 e. The summed E-state index contributed by atoms with van der Waals surface area (Å²) in [5.41, 5.74) is 6.06. The molecule has 4 saturated carbocycles. The van der Waals surface area contributed by atoms with Crippen LogP contribution in [0.5, 0.6) is 0 Å². The summed E-state index contributed by atoms with van der Waals surface area (Å²) in [5, 5.41) is 10.3. The Morgan fingerprint density at radius 1 is 1.05 bits per heavy atom. The monoisotopic (exact) mass is 268 g/mol. The zero-order valence-electron chi connectivity index (χ0n) is 11.9. The summed E-state index contributed by atoms with van der Waals surface area (Å²) in [6.07, 6.45) is 7.60. The molecular formula is C14H24N2O3. The highest BCUT2D eigenvalue weighted by atomic mass is 17.0. The summed E-state index contributed by atoms with van der Waals surface area (Å²) < 4.78 is 0. The van der Waals surface area contributed by atoms with Gasteiger partial charge in [-0.3, -0.25) is 0 Å². The Balaban J connectivity index is 2.03. The molecule has 0 radical (unpaired) electrons. The van der Waals surface area contributed by atoms with Gasteiger partial charge in [-0.25, -0.2) is 0 Å². The van der Waals surface area contributed by atoms with Gasteiger partial charge in [0, 0.05) is 5.54 Å². The van der Waals surface area contributed by atoms with Gasteiger partial charge in [-0.2, -0.15) is 0 Å². The van der Waals surface area contributed by atoms with E-state index in [1.54, 1.807) is 0 Å². The number of hydrogen-bond donors (Lipinski definition) is 1. The highest BCUT2D eigenvalue weighted by Crippen LogP contribution is 2.69. The molecule has 0 aromatic rings. The standard InChI is InChI=1S/C14H24N2O3/c1-3-11-5-12(4-2)7-13(15,6-11)10-14(8-11,9-12)19-16(17)18/h3-10,15H2,1-2H3. The third kappa shape index (κ3) is 1.85. The van der Waals surface area contributed by atoms with Crippen LogP contribution >= 0.6 is 0 Å². The summed E-state index contributed by atoms with van der Waals surface area (Å²) >= 11 is 0. The van der Waals surface area contributed by atoms with Crippen LogP contribution in [0.25, 0.3) is 0 Å². The van der Waals surface area contributed by atoms with Crippen molar-refractivity contribution >= 4 is 0 Å². The SMILES string of the molecule is CCC12CC3(N)CC(CC)(C1)CC(O[N+](=O)[O-])(C3)C2. The zero-order valence-corrected chi connectivity index (χ0v) is 11.9. The van der Waals surface area contributed by atoms with Gasteiger partial charge in [-0.05, 0) is 49.4 Å². The third-order valence-corrected chi connectivity index (χ3v) is 6.04. The van der Waals surface area contributed by atoms with E-state index in [-0.39, 0.29) is 16.4 Å². The number of hydrogen-bond acceptors (Lipinski definition) is 4. The first-order chi connectivity index (χ1) is 8.78. The largest absolute Gasteiger partial charge is 0.325 e. The van der Waals surface area contributed by atoms with Gasteiger partial charge in [0.2, 0.25) is 0 Å². The van der Waals surface area contributed by atoms with Crippen LogP contribution in [0, 0.1) is 20.9 Å². The molecule has 0 aromatic heterocycles. The van der Waals surface area contributed by atoms with Crippen LogP contribution in [0.1, 0.15) is 65.2 Å². The molecule has 108 valence electrons. The van der Waals surface area contributed by atoms with E-state index in [9.17, 15) is 10.1 Å². The lowest BCUT2D eigenvalue weighted by atomic mass is 9.39. The number of rotatable bonds is 4. The van der Waals surface area contributed by atoms with Crippen LogP contribution in [0.4, 0.5) is 0 Å². The average Bonchev–Trinajstić information content (AvgIpc) is 2.24. The zero-order chi connectivity index (χ0) is 13.9. The van der Waals surface area contributed by atoms with Crippen LogP contribution < -0.4 is 5.73 Å². The van der Waals surface area contributed by atoms with Gasteiger partial charge in [0.15, 0.2) is 0 Å². The lowest BCUT2D eigenvalue weighted by Crippen LogP contribution is -2.70. The minimum Gasteiger partial charge on any atom is -0.325 e. The van der Waals surface area contributed by atoms with Crippen molar-refractivity contribution in [1.82, 2.24) is 0 Å². The molecule has 0 spiro atoms. The normalized spacial score (nSPS) is 51.3. The molecule has 2 unspecified atom stereocenters. The molecule has 0 heterocycles. The van der Waals surface area contributed by atoms with Crippen LogP contribution in [0.2, 0.25) is 0 Å². The lowest BCUT2D eigenvalue weighted by Gasteiger charge is -2.68. The van der Waals surface area contributed by atoms with Gasteiger partial charge < -0.3 is 10.6 Å². The highest BCUT2D eigenvalue weighted by Gasteiger charge is 2.67. The number of nitrogens with zero attached hydrogens (tertiary/aromatic N) is 1. The lowest BCUT2D eigenvalue weighted by molar-refractivity contribution is -0.786. The van der Waals surface area contributed by atoms with Gasteiger partial charge in [0.25, 0.3) is 5.09 Å². The fraction of sp³-hybridized carbons (Fsp3) is 1.00. The van der Waals surface area contributed by atoms with Gasteiger partial charge >= 0.3 is 0 Å². The van der Waals surface area contributed by atoms with Crippen molar-refractivity contribution in [2.75, 3.05) is 0 Å². The van der Waals surface area contributed by atoms with Gasteiger partial charge in [0.1, 0.15) is 5.60 Å². The van der Waals surface area contributed by atoms with Crippen molar-refractivity contribution in [1.29, 1.82) is 0 Å². The molecule has 4 fully saturated rings.